The van der Waals surface area contributed by atoms with Gasteiger partial charge in [-0.2, -0.15) is 5.26 Å². The second kappa shape index (κ2) is 7.32. The van der Waals surface area contributed by atoms with Crippen molar-refractivity contribution in [1.82, 2.24) is 0 Å². The summed E-state index contributed by atoms with van der Waals surface area (Å²) in [6.45, 7) is 2.14. The van der Waals surface area contributed by atoms with E-state index >= 15 is 0 Å². The average molecular weight is 345 g/mol. The van der Waals surface area contributed by atoms with E-state index < -0.39 is 0 Å². The van der Waals surface area contributed by atoms with Gasteiger partial charge in [0.25, 0.3) is 0 Å². The van der Waals surface area contributed by atoms with Gasteiger partial charge in [-0.15, -0.1) is 0 Å². The van der Waals surface area contributed by atoms with Crippen LogP contribution in [0.3, 0.4) is 0 Å². The molecular weight excluding hydrogens is 326 g/mol. The van der Waals surface area contributed by atoms with Crippen molar-refractivity contribution in [1.29, 1.82) is 5.26 Å². The summed E-state index contributed by atoms with van der Waals surface area (Å²) in [6, 6.07) is 35.4. The summed E-state index contributed by atoms with van der Waals surface area (Å²) in [4.78, 5) is 0. The van der Waals surface area contributed by atoms with Crippen LogP contribution in [0.4, 0.5) is 0 Å². The standard InChI is InChI=1S/C26H19N/c1-19-10-2-4-12-21(19)23-14-6-8-16-25(23)26-17-9-7-15-24(26)22-13-5-3-11-20(22)18-27/h2-17H,1H3. The third kappa shape index (κ3) is 3.14. The first-order chi connectivity index (χ1) is 13.3. The van der Waals surface area contributed by atoms with E-state index in [9.17, 15) is 5.26 Å². The monoisotopic (exact) mass is 345 g/mol. The van der Waals surface area contributed by atoms with Gasteiger partial charge in [-0.25, -0.2) is 0 Å². The molecule has 0 radical (unpaired) electrons. The largest absolute Gasteiger partial charge is 0.192 e. The number of rotatable bonds is 3. The first-order valence-corrected chi connectivity index (χ1v) is 9.03. The summed E-state index contributed by atoms with van der Waals surface area (Å²) in [5.74, 6) is 0. The van der Waals surface area contributed by atoms with Gasteiger partial charge in [0.2, 0.25) is 0 Å². The quantitative estimate of drug-likeness (QED) is 0.397. The predicted molar refractivity (Wildman–Crippen MR) is 112 cm³/mol. The molecule has 0 saturated heterocycles. The SMILES string of the molecule is Cc1ccccc1-c1ccccc1-c1ccccc1-c1ccccc1C#N. The molecule has 1 nitrogen and oxygen atoms in total. The Kier molecular flexibility index (Phi) is 4.56. The minimum Gasteiger partial charge on any atom is -0.192 e. The van der Waals surface area contributed by atoms with Crippen molar-refractivity contribution in [2.75, 3.05) is 0 Å². The van der Waals surface area contributed by atoms with Crippen molar-refractivity contribution >= 4 is 0 Å². The molecule has 1 heteroatoms. The maximum atomic E-state index is 9.56. The minimum absolute atomic E-state index is 0.693. The van der Waals surface area contributed by atoms with Crippen molar-refractivity contribution in [3.05, 3.63) is 108 Å². The first-order valence-electron chi connectivity index (χ1n) is 9.03. The number of hydrogen-bond donors (Lipinski definition) is 0. The highest BCUT2D eigenvalue weighted by Gasteiger charge is 2.14. The van der Waals surface area contributed by atoms with Crippen LogP contribution in [-0.2, 0) is 0 Å². The third-order valence-corrected chi connectivity index (χ3v) is 4.92. The molecule has 27 heavy (non-hydrogen) atoms. The fourth-order valence-corrected chi connectivity index (χ4v) is 3.60. The van der Waals surface area contributed by atoms with Gasteiger partial charge < -0.3 is 0 Å². The highest BCUT2D eigenvalue weighted by atomic mass is 14.3. The number of nitriles is 1. The van der Waals surface area contributed by atoms with E-state index in [1.54, 1.807) is 0 Å². The predicted octanol–water partition coefficient (Wildman–Crippen LogP) is 6.87. The zero-order valence-corrected chi connectivity index (χ0v) is 15.2. The second-order valence-corrected chi connectivity index (χ2v) is 6.56. The van der Waals surface area contributed by atoms with Crippen LogP contribution in [0.1, 0.15) is 11.1 Å². The Morgan fingerprint density at radius 3 is 1.37 bits per heavy atom. The Morgan fingerprint density at radius 1 is 0.481 bits per heavy atom. The molecule has 0 spiro atoms. The van der Waals surface area contributed by atoms with Crippen LogP contribution >= 0.6 is 0 Å². The summed E-state index contributed by atoms with van der Waals surface area (Å²) in [5, 5.41) is 9.56. The van der Waals surface area contributed by atoms with Crippen LogP contribution in [0.5, 0.6) is 0 Å². The van der Waals surface area contributed by atoms with E-state index in [4.69, 9.17) is 0 Å². The molecule has 0 bridgehead atoms. The van der Waals surface area contributed by atoms with Gasteiger partial charge in [0.15, 0.2) is 0 Å². The molecule has 4 aromatic carbocycles. The van der Waals surface area contributed by atoms with Crippen molar-refractivity contribution in [2.45, 2.75) is 6.92 Å². The molecule has 0 saturated carbocycles. The van der Waals surface area contributed by atoms with Crippen LogP contribution in [0, 0.1) is 18.3 Å². The van der Waals surface area contributed by atoms with Crippen LogP contribution < -0.4 is 0 Å². The van der Waals surface area contributed by atoms with Crippen molar-refractivity contribution in [2.24, 2.45) is 0 Å². The van der Waals surface area contributed by atoms with Crippen LogP contribution in [-0.4, -0.2) is 0 Å². The van der Waals surface area contributed by atoms with Gasteiger partial charge in [-0.3, -0.25) is 0 Å². The lowest BCUT2D eigenvalue weighted by Crippen LogP contribution is -1.92. The summed E-state index contributed by atoms with van der Waals surface area (Å²) >= 11 is 0. The molecule has 0 amide bonds. The van der Waals surface area contributed by atoms with Crippen molar-refractivity contribution in [3.63, 3.8) is 0 Å². The molecule has 0 aliphatic rings. The van der Waals surface area contributed by atoms with Crippen LogP contribution in [0.25, 0.3) is 33.4 Å². The van der Waals surface area contributed by atoms with Crippen LogP contribution in [0.15, 0.2) is 97.1 Å². The third-order valence-electron chi connectivity index (χ3n) is 4.92. The molecule has 0 aromatic heterocycles. The summed E-state index contributed by atoms with van der Waals surface area (Å²) in [7, 11) is 0. The average Bonchev–Trinajstić information content (AvgIpc) is 2.74. The molecule has 0 fully saturated rings. The van der Waals surface area contributed by atoms with Crippen molar-refractivity contribution < 1.29 is 0 Å². The minimum atomic E-state index is 0.693. The zero-order chi connectivity index (χ0) is 18.6. The fraction of sp³-hybridized carbons (Fsp3) is 0.0385. The summed E-state index contributed by atoms with van der Waals surface area (Å²) in [6.07, 6.45) is 0. The van der Waals surface area contributed by atoms with Gasteiger partial charge in [0.05, 0.1) is 11.6 Å². The van der Waals surface area contributed by atoms with E-state index in [-0.39, 0.29) is 0 Å². The molecule has 0 atom stereocenters. The van der Waals surface area contributed by atoms with Gasteiger partial charge in [0.1, 0.15) is 0 Å². The highest BCUT2D eigenvalue weighted by molar-refractivity contribution is 5.93. The molecule has 0 N–H and O–H groups in total. The molecule has 4 rings (SSSR count). The molecule has 128 valence electrons. The Hall–Kier alpha value is -3.63. The lowest BCUT2D eigenvalue weighted by molar-refractivity contribution is 1.45. The number of nitrogens with zero attached hydrogens (tertiary/aromatic N) is 1. The van der Waals surface area contributed by atoms with E-state index in [0.717, 1.165) is 16.7 Å². The van der Waals surface area contributed by atoms with E-state index in [1.807, 2.05) is 30.3 Å². The zero-order valence-electron chi connectivity index (χ0n) is 15.2. The maximum absolute atomic E-state index is 9.56. The van der Waals surface area contributed by atoms with Gasteiger partial charge in [-0.05, 0) is 46.4 Å². The summed E-state index contributed by atoms with van der Waals surface area (Å²) < 4.78 is 0. The van der Waals surface area contributed by atoms with Gasteiger partial charge >= 0.3 is 0 Å². The molecule has 4 aromatic rings. The second-order valence-electron chi connectivity index (χ2n) is 6.56. The Bertz CT molecular complexity index is 1150. The normalized spacial score (nSPS) is 10.4. The Morgan fingerprint density at radius 2 is 0.852 bits per heavy atom. The molecular formula is C26H19N. The van der Waals surface area contributed by atoms with Crippen LogP contribution in [0.2, 0.25) is 0 Å². The molecule has 0 unspecified atom stereocenters. The molecule has 0 aliphatic heterocycles. The Balaban J connectivity index is 1.98. The highest BCUT2D eigenvalue weighted by Crippen LogP contribution is 2.39. The van der Waals surface area contributed by atoms with Crippen molar-refractivity contribution in [3.8, 4) is 39.4 Å². The maximum Gasteiger partial charge on any atom is 0.0998 e. The Labute approximate surface area is 160 Å². The molecule has 0 aliphatic carbocycles. The molecule has 0 heterocycles. The number of benzene rings is 4. The van der Waals surface area contributed by atoms with E-state index in [2.05, 4.69) is 79.7 Å². The number of hydrogen-bond acceptors (Lipinski definition) is 1. The van der Waals surface area contributed by atoms with E-state index in [0.29, 0.717) is 5.56 Å². The first kappa shape index (κ1) is 16.8. The van der Waals surface area contributed by atoms with E-state index in [1.165, 1.54) is 22.3 Å². The number of aryl methyl sites for hydroxylation is 1. The lowest BCUT2D eigenvalue weighted by Gasteiger charge is -2.16. The van der Waals surface area contributed by atoms with Gasteiger partial charge in [0, 0.05) is 5.56 Å². The van der Waals surface area contributed by atoms with Gasteiger partial charge in [-0.1, -0.05) is 91.0 Å². The topological polar surface area (TPSA) is 23.8 Å². The lowest BCUT2D eigenvalue weighted by atomic mass is 9.87. The smallest absolute Gasteiger partial charge is 0.0998 e. The fourth-order valence-electron chi connectivity index (χ4n) is 3.60. The summed E-state index contributed by atoms with van der Waals surface area (Å²) in [5.41, 5.74) is 8.74.